The number of fused-ring (bicyclic) bond motifs is 1. The van der Waals surface area contributed by atoms with Gasteiger partial charge in [-0.05, 0) is 29.8 Å². The largest absolute Gasteiger partial charge is 0.493 e. The zero-order chi connectivity index (χ0) is 21.6. The summed E-state index contributed by atoms with van der Waals surface area (Å²) in [6.07, 6.45) is 2.15. The molecule has 0 bridgehead atoms. The number of benzene rings is 3. The lowest BCUT2D eigenvalue weighted by Gasteiger charge is -2.11. The van der Waals surface area contributed by atoms with Crippen LogP contribution in [0.5, 0.6) is 11.5 Å². The lowest BCUT2D eigenvalue weighted by Crippen LogP contribution is -1.97. The van der Waals surface area contributed by atoms with Crippen molar-refractivity contribution in [3.8, 4) is 28.9 Å². The van der Waals surface area contributed by atoms with E-state index < -0.39 is 0 Å². The van der Waals surface area contributed by atoms with Crippen molar-refractivity contribution >= 4 is 16.7 Å². The molecule has 0 fully saturated rings. The lowest BCUT2D eigenvalue weighted by molar-refractivity contribution is 0.353. The first kappa shape index (κ1) is 20.1. The van der Waals surface area contributed by atoms with Gasteiger partial charge in [-0.25, -0.2) is 0 Å². The first-order valence-electron chi connectivity index (χ1n) is 9.87. The molecule has 0 aliphatic heterocycles. The third-order valence-corrected chi connectivity index (χ3v) is 5.01. The fraction of sp³-hybridized carbons (Fsp3) is 0.115. The Labute approximate surface area is 181 Å². The van der Waals surface area contributed by atoms with Gasteiger partial charge in [0.05, 0.1) is 20.3 Å². The van der Waals surface area contributed by atoms with Crippen LogP contribution < -0.4 is 14.8 Å². The Balaban J connectivity index is 1.77. The monoisotopic (exact) mass is 410 g/mol. The number of para-hydroxylation sites is 1. The first-order valence-corrected chi connectivity index (χ1v) is 9.87. The minimum atomic E-state index is 0.418. The van der Waals surface area contributed by atoms with Crippen molar-refractivity contribution in [2.24, 2.45) is 0 Å². The number of methoxy groups -OCH3 is 2. The van der Waals surface area contributed by atoms with Gasteiger partial charge in [-0.1, -0.05) is 48.5 Å². The molecule has 0 saturated heterocycles. The third-order valence-electron chi connectivity index (χ3n) is 5.01. The van der Waals surface area contributed by atoms with Crippen LogP contribution in [-0.2, 0) is 6.42 Å². The summed E-state index contributed by atoms with van der Waals surface area (Å²) >= 11 is 0. The predicted octanol–water partition coefficient (Wildman–Crippen LogP) is 6.18. The highest BCUT2D eigenvalue weighted by atomic mass is 16.5. The molecule has 1 aromatic heterocycles. The zero-order valence-electron chi connectivity index (χ0n) is 17.4. The molecule has 154 valence electrons. The van der Waals surface area contributed by atoms with Crippen molar-refractivity contribution in [2.45, 2.75) is 6.42 Å². The maximum atomic E-state index is 9.71. The van der Waals surface area contributed by atoms with Gasteiger partial charge >= 0.3 is 0 Å². The van der Waals surface area contributed by atoms with Gasteiger partial charge < -0.3 is 19.2 Å². The molecule has 0 amide bonds. The van der Waals surface area contributed by atoms with E-state index in [9.17, 15) is 5.26 Å². The van der Waals surface area contributed by atoms with Crippen molar-refractivity contribution in [1.29, 1.82) is 5.26 Å². The summed E-state index contributed by atoms with van der Waals surface area (Å²) in [5.41, 5.74) is 3.99. The van der Waals surface area contributed by atoms with Crippen molar-refractivity contribution < 1.29 is 13.9 Å². The standard InChI is InChI=1S/C26H22N2O3/c1-29-24-14-20(13-18(16-27)17-28-21-11-7-4-8-12-21)22-15-23(19-9-5-3-6-10-19)31-25(22)26(24)30-2/h3-12,14-15,17,28H,13H2,1-2H3. The number of furan rings is 1. The molecule has 0 spiro atoms. The van der Waals surface area contributed by atoms with E-state index in [4.69, 9.17) is 13.9 Å². The van der Waals surface area contributed by atoms with Crippen LogP contribution in [0.2, 0.25) is 0 Å². The number of nitrogens with zero attached hydrogens (tertiary/aromatic N) is 1. The molecule has 0 atom stereocenters. The molecule has 0 unspecified atom stereocenters. The summed E-state index contributed by atoms with van der Waals surface area (Å²) in [6, 6.07) is 25.8. The molecule has 4 rings (SSSR count). The van der Waals surface area contributed by atoms with Gasteiger partial charge in [0.15, 0.2) is 11.3 Å². The van der Waals surface area contributed by atoms with Gasteiger partial charge in [0, 0.05) is 34.8 Å². The van der Waals surface area contributed by atoms with Crippen molar-refractivity contribution in [3.63, 3.8) is 0 Å². The quantitative estimate of drug-likeness (QED) is 0.369. The van der Waals surface area contributed by atoms with Gasteiger partial charge in [0.2, 0.25) is 5.75 Å². The Morgan fingerprint density at radius 3 is 2.35 bits per heavy atom. The van der Waals surface area contributed by atoms with Crippen LogP contribution in [0.25, 0.3) is 22.3 Å². The van der Waals surface area contributed by atoms with E-state index >= 15 is 0 Å². The maximum Gasteiger partial charge on any atom is 0.204 e. The number of rotatable bonds is 7. The second-order valence-corrected chi connectivity index (χ2v) is 6.96. The van der Waals surface area contributed by atoms with Crippen molar-refractivity contribution in [1.82, 2.24) is 0 Å². The number of nitrogens with one attached hydrogen (secondary N) is 1. The number of allylic oxidation sites excluding steroid dienone is 1. The molecule has 0 radical (unpaired) electrons. The second-order valence-electron chi connectivity index (χ2n) is 6.96. The molecule has 5 nitrogen and oxygen atoms in total. The number of ether oxygens (including phenoxy) is 2. The molecule has 0 aliphatic carbocycles. The minimum absolute atomic E-state index is 0.418. The number of hydrogen-bond donors (Lipinski definition) is 1. The van der Waals surface area contributed by atoms with E-state index in [1.807, 2.05) is 72.8 Å². The summed E-state index contributed by atoms with van der Waals surface area (Å²) in [4.78, 5) is 0. The molecular weight excluding hydrogens is 388 g/mol. The van der Waals surface area contributed by atoms with Crippen LogP contribution >= 0.6 is 0 Å². The summed E-state index contributed by atoms with van der Waals surface area (Å²) < 4.78 is 17.3. The van der Waals surface area contributed by atoms with Crippen LogP contribution in [0.1, 0.15) is 5.56 Å². The highest BCUT2D eigenvalue weighted by molar-refractivity contribution is 5.92. The molecule has 5 heteroatoms. The van der Waals surface area contributed by atoms with Crippen LogP contribution in [0.15, 0.2) is 89.0 Å². The van der Waals surface area contributed by atoms with E-state index in [1.54, 1.807) is 20.4 Å². The SMILES string of the molecule is COc1cc(CC(C#N)=CNc2ccccc2)c2cc(-c3ccccc3)oc2c1OC. The molecule has 0 aliphatic rings. The smallest absolute Gasteiger partial charge is 0.204 e. The fourth-order valence-electron chi connectivity index (χ4n) is 3.48. The molecule has 3 aromatic carbocycles. The van der Waals surface area contributed by atoms with Gasteiger partial charge in [-0.2, -0.15) is 5.26 Å². The molecule has 31 heavy (non-hydrogen) atoms. The van der Waals surface area contributed by atoms with Gasteiger partial charge in [-0.3, -0.25) is 0 Å². The highest BCUT2D eigenvalue weighted by Gasteiger charge is 2.20. The molecule has 1 N–H and O–H groups in total. The van der Waals surface area contributed by atoms with Gasteiger partial charge in [0.1, 0.15) is 5.76 Å². The van der Waals surface area contributed by atoms with E-state index in [1.165, 1.54) is 0 Å². The van der Waals surface area contributed by atoms with Gasteiger partial charge in [0.25, 0.3) is 0 Å². The number of anilines is 1. The second kappa shape index (κ2) is 9.10. The summed E-state index contributed by atoms with van der Waals surface area (Å²) in [5.74, 6) is 1.83. The summed E-state index contributed by atoms with van der Waals surface area (Å²) in [6.45, 7) is 0. The molecule has 0 saturated carbocycles. The summed E-state index contributed by atoms with van der Waals surface area (Å²) in [7, 11) is 3.18. The first-order chi connectivity index (χ1) is 15.2. The average molecular weight is 410 g/mol. The third kappa shape index (κ3) is 4.24. The van der Waals surface area contributed by atoms with Crippen molar-refractivity contribution in [3.05, 3.63) is 90.1 Å². The van der Waals surface area contributed by atoms with E-state index in [0.717, 1.165) is 28.0 Å². The molecular formula is C26H22N2O3. The maximum absolute atomic E-state index is 9.71. The Morgan fingerprint density at radius 1 is 1.00 bits per heavy atom. The van der Waals surface area contributed by atoms with Crippen LogP contribution in [0.4, 0.5) is 5.69 Å². The fourth-order valence-corrected chi connectivity index (χ4v) is 3.48. The normalized spacial score (nSPS) is 11.2. The average Bonchev–Trinajstić information content (AvgIpc) is 3.28. The highest BCUT2D eigenvalue weighted by Crippen LogP contribution is 2.42. The van der Waals surface area contributed by atoms with E-state index in [-0.39, 0.29) is 0 Å². The number of nitriles is 1. The Hall–Kier alpha value is -4.17. The Bertz CT molecular complexity index is 1250. The Kier molecular flexibility index (Phi) is 5.91. The topological polar surface area (TPSA) is 67.4 Å². The Morgan fingerprint density at radius 2 is 1.71 bits per heavy atom. The van der Waals surface area contributed by atoms with Crippen molar-refractivity contribution in [2.75, 3.05) is 19.5 Å². The molecule has 4 aromatic rings. The van der Waals surface area contributed by atoms with Crippen LogP contribution in [0, 0.1) is 11.3 Å². The van der Waals surface area contributed by atoms with Crippen LogP contribution in [0.3, 0.4) is 0 Å². The van der Waals surface area contributed by atoms with Crippen LogP contribution in [-0.4, -0.2) is 14.2 Å². The lowest BCUT2D eigenvalue weighted by atomic mass is 10.0. The van der Waals surface area contributed by atoms with E-state index in [2.05, 4.69) is 11.4 Å². The zero-order valence-corrected chi connectivity index (χ0v) is 17.4. The number of hydrogen-bond acceptors (Lipinski definition) is 5. The van der Waals surface area contributed by atoms with E-state index in [0.29, 0.717) is 29.1 Å². The molecule has 1 heterocycles. The summed E-state index contributed by atoms with van der Waals surface area (Å²) in [5, 5.41) is 13.8. The van der Waals surface area contributed by atoms with Gasteiger partial charge in [-0.15, -0.1) is 0 Å². The predicted molar refractivity (Wildman–Crippen MR) is 122 cm³/mol. The minimum Gasteiger partial charge on any atom is -0.493 e.